The molecule has 0 saturated heterocycles. The summed E-state index contributed by atoms with van der Waals surface area (Å²) in [5.41, 5.74) is 0.326. The van der Waals surface area contributed by atoms with Gasteiger partial charge in [0.1, 0.15) is 0 Å². The highest BCUT2D eigenvalue weighted by molar-refractivity contribution is 7.90. The van der Waals surface area contributed by atoms with Crippen molar-refractivity contribution < 1.29 is 18.3 Å². The summed E-state index contributed by atoms with van der Waals surface area (Å²) in [6, 6.07) is 6.15. The van der Waals surface area contributed by atoms with E-state index in [0.29, 0.717) is 5.56 Å². The standard InChI is InChI=1S/C10H12O4S/c1-7(10(11)12)8-5-3-4-6-9(8)15(2,13)14/h3-7H,1-2H3,(H,11,12). The van der Waals surface area contributed by atoms with Gasteiger partial charge in [-0.05, 0) is 18.6 Å². The Bertz CT molecular complexity index is 476. The number of hydrogen-bond donors (Lipinski definition) is 1. The lowest BCUT2D eigenvalue weighted by Crippen LogP contribution is -2.12. The van der Waals surface area contributed by atoms with Gasteiger partial charge < -0.3 is 5.11 Å². The molecule has 15 heavy (non-hydrogen) atoms. The van der Waals surface area contributed by atoms with Gasteiger partial charge in [-0.15, -0.1) is 0 Å². The number of carboxylic acid groups (broad SMARTS) is 1. The van der Waals surface area contributed by atoms with Crippen LogP contribution in [-0.4, -0.2) is 25.7 Å². The fraction of sp³-hybridized carbons (Fsp3) is 0.300. The highest BCUT2D eigenvalue weighted by Gasteiger charge is 2.21. The average molecular weight is 228 g/mol. The van der Waals surface area contributed by atoms with Gasteiger partial charge in [0, 0.05) is 6.26 Å². The smallest absolute Gasteiger partial charge is 0.310 e. The van der Waals surface area contributed by atoms with Crippen LogP contribution < -0.4 is 0 Å². The van der Waals surface area contributed by atoms with E-state index in [1.165, 1.54) is 19.1 Å². The number of rotatable bonds is 3. The van der Waals surface area contributed by atoms with Crippen LogP contribution in [0.15, 0.2) is 29.2 Å². The highest BCUT2D eigenvalue weighted by Crippen LogP contribution is 2.23. The van der Waals surface area contributed by atoms with Gasteiger partial charge in [0.25, 0.3) is 0 Å². The molecule has 0 bridgehead atoms. The first-order chi connectivity index (χ1) is 6.84. The first-order valence-corrected chi connectivity index (χ1v) is 6.25. The Morgan fingerprint density at radius 2 is 1.87 bits per heavy atom. The first-order valence-electron chi connectivity index (χ1n) is 4.36. The summed E-state index contributed by atoms with van der Waals surface area (Å²) < 4.78 is 22.8. The quantitative estimate of drug-likeness (QED) is 0.845. The third-order valence-corrected chi connectivity index (χ3v) is 3.33. The van der Waals surface area contributed by atoms with Crippen LogP contribution in [0.1, 0.15) is 18.4 Å². The molecule has 1 aromatic carbocycles. The van der Waals surface area contributed by atoms with Gasteiger partial charge >= 0.3 is 5.97 Å². The van der Waals surface area contributed by atoms with Gasteiger partial charge in [-0.1, -0.05) is 18.2 Å². The summed E-state index contributed by atoms with van der Waals surface area (Å²) in [6.45, 7) is 1.46. The maximum atomic E-state index is 11.4. The molecule has 0 aromatic heterocycles. The third kappa shape index (κ3) is 2.56. The summed E-state index contributed by atoms with van der Waals surface area (Å²) in [5, 5.41) is 8.83. The second kappa shape index (κ2) is 4.02. The molecule has 5 heteroatoms. The largest absolute Gasteiger partial charge is 0.481 e. The zero-order valence-corrected chi connectivity index (χ0v) is 9.28. The molecule has 0 heterocycles. The zero-order valence-electron chi connectivity index (χ0n) is 8.47. The van der Waals surface area contributed by atoms with Crippen molar-refractivity contribution in [3.05, 3.63) is 29.8 Å². The third-order valence-electron chi connectivity index (χ3n) is 2.16. The van der Waals surface area contributed by atoms with Crippen LogP contribution in [-0.2, 0) is 14.6 Å². The number of carboxylic acids is 1. The highest BCUT2D eigenvalue weighted by atomic mass is 32.2. The fourth-order valence-electron chi connectivity index (χ4n) is 1.31. The normalized spacial score (nSPS) is 13.5. The van der Waals surface area contributed by atoms with Gasteiger partial charge in [0.15, 0.2) is 9.84 Å². The summed E-state index contributed by atoms with van der Waals surface area (Å²) in [7, 11) is -3.38. The zero-order chi connectivity index (χ0) is 11.6. The van der Waals surface area contributed by atoms with Crippen molar-refractivity contribution in [1.29, 1.82) is 0 Å². The Hall–Kier alpha value is -1.36. The second-order valence-corrected chi connectivity index (χ2v) is 5.35. The van der Waals surface area contributed by atoms with Crippen molar-refractivity contribution in [2.75, 3.05) is 6.26 Å². The van der Waals surface area contributed by atoms with Crippen molar-refractivity contribution in [2.45, 2.75) is 17.7 Å². The lowest BCUT2D eigenvalue weighted by Gasteiger charge is -2.10. The van der Waals surface area contributed by atoms with Gasteiger partial charge in [-0.3, -0.25) is 4.79 Å². The number of sulfone groups is 1. The fourth-order valence-corrected chi connectivity index (χ4v) is 2.31. The van der Waals surface area contributed by atoms with E-state index in [4.69, 9.17) is 5.11 Å². The van der Waals surface area contributed by atoms with E-state index in [0.717, 1.165) is 6.26 Å². The molecule has 0 amide bonds. The van der Waals surface area contributed by atoms with Gasteiger partial charge in [0.2, 0.25) is 0 Å². The summed E-state index contributed by atoms with van der Waals surface area (Å²) in [5.74, 6) is -1.86. The number of carbonyl (C=O) groups is 1. The Kier molecular flexibility index (Phi) is 3.14. The van der Waals surface area contributed by atoms with Crippen LogP contribution >= 0.6 is 0 Å². The molecule has 1 rings (SSSR count). The van der Waals surface area contributed by atoms with Crippen LogP contribution in [0.5, 0.6) is 0 Å². The summed E-state index contributed by atoms with van der Waals surface area (Å²) >= 11 is 0. The van der Waals surface area contributed by atoms with E-state index in [1.807, 2.05) is 0 Å². The second-order valence-electron chi connectivity index (χ2n) is 3.37. The maximum absolute atomic E-state index is 11.4. The molecule has 0 aliphatic rings. The molecule has 0 radical (unpaired) electrons. The Morgan fingerprint density at radius 1 is 1.33 bits per heavy atom. The van der Waals surface area contributed by atoms with Crippen LogP contribution in [0.3, 0.4) is 0 Å². The minimum absolute atomic E-state index is 0.0832. The van der Waals surface area contributed by atoms with Crippen LogP contribution in [0, 0.1) is 0 Å². The summed E-state index contributed by atoms with van der Waals surface area (Å²) in [4.78, 5) is 10.9. The van der Waals surface area contributed by atoms with Crippen molar-refractivity contribution in [1.82, 2.24) is 0 Å². The molecule has 1 N–H and O–H groups in total. The van der Waals surface area contributed by atoms with E-state index in [1.54, 1.807) is 12.1 Å². The number of hydrogen-bond acceptors (Lipinski definition) is 3. The maximum Gasteiger partial charge on any atom is 0.310 e. The lowest BCUT2D eigenvalue weighted by molar-refractivity contribution is -0.138. The van der Waals surface area contributed by atoms with Crippen molar-refractivity contribution in [2.24, 2.45) is 0 Å². The van der Waals surface area contributed by atoms with Gasteiger partial charge in [0.05, 0.1) is 10.8 Å². The van der Waals surface area contributed by atoms with Crippen LogP contribution in [0.25, 0.3) is 0 Å². The molecule has 4 nitrogen and oxygen atoms in total. The molecule has 82 valence electrons. The van der Waals surface area contributed by atoms with E-state index < -0.39 is 21.7 Å². The van der Waals surface area contributed by atoms with Crippen molar-refractivity contribution >= 4 is 15.8 Å². The van der Waals surface area contributed by atoms with E-state index in [2.05, 4.69) is 0 Å². The Morgan fingerprint density at radius 3 is 2.33 bits per heavy atom. The molecule has 0 spiro atoms. The van der Waals surface area contributed by atoms with E-state index >= 15 is 0 Å². The molecular weight excluding hydrogens is 216 g/mol. The SMILES string of the molecule is CC(C(=O)O)c1ccccc1S(C)(=O)=O. The molecular formula is C10H12O4S. The minimum atomic E-state index is -3.38. The molecule has 0 fully saturated rings. The molecule has 1 aromatic rings. The van der Waals surface area contributed by atoms with Gasteiger partial charge in [-0.2, -0.15) is 0 Å². The number of benzene rings is 1. The molecule has 0 saturated carbocycles. The van der Waals surface area contributed by atoms with Crippen LogP contribution in [0.4, 0.5) is 0 Å². The van der Waals surface area contributed by atoms with Crippen molar-refractivity contribution in [3.63, 3.8) is 0 Å². The predicted octanol–water partition coefficient (Wildman–Crippen LogP) is 1.28. The van der Waals surface area contributed by atoms with Crippen molar-refractivity contribution in [3.8, 4) is 0 Å². The van der Waals surface area contributed by atoms with E-state index in [9.17, 15) is 13.2 Å². The van der Waals surface area contributed by atoms with Gasteiger partial charge in [-0.25, -0.2) is 8.42 Å². The summed E-state index contributed by atoms with van der Waals surface area (Å²) in [6.07, 6.45) is 1.07. The minimum Gasteiger partial charge on any atom is -0.481 e. The predicted molar refractivity (Wildman–Crippen MR) is 55.6 cm³/mol. The lowest BCUT2D eigenvalue weighted by atomic mass is 10.0. The van der Waals surface area contributed by atoms with Crippen LogP contribution in [0.2, 0.25) is 0 Å². The first kappa shape index (κ1) is 11.7. The monoisotopic (exact) mass is 228 g/mol. The molecule has 0 aliphatic heterocycles. The Labute approximate surface area is 88.5 Å². The topological polar surface area (TPSA) is 71.4 Å². The molecule has 1 unspecified atom stereocenters. The number of aliphatic carboxylic acids is 1. The molecule has 0 aliphatic carbocycles. The average Bonchev–Trinajstić information content (AvgIpc) is 2.15. The molecule has 1 atom stereocenters. The van der Waals surface area contributed by atoms with E-state index in [-0.39, 0.29) is 4.90 Å². The Balaban J connectivity index is 3.37.